The van der Waals surface area contributed by atoms with Crippen LogP contribution >= 0.6 is 0 Å². The van der Waals surface area contributed by atoms with Crippen LogP contribution in [0.4, 0.5) is 0 Å². The zero-order valence-electron chi connectivity index (χ0n) is 20.7. The predicted molar refractivity (Wildman–Crippen MR) is 75.7 cm³/mol. The monoisotopic (exact) mass is 290 g/mol. The Labute approximate surface area is 130 Å². The minimum absolute atomic E-state index is 0.305. The van der Waals surface area contributed by atoms with Gasteiger partial charge in [0, 0.05) is 31.5 Å². The molecule has 0 saturated carbocycles. The lowest BCUT2D eigenvalue weighted by atomic mass is 10.2. The van der Waals surface area contributed by atoms with Crippen LogP contribution in [0.5, 0.6) is 0 Å². The third-order valence-corrected chi connectivity index (χ3v) is 2.83. The summed E-state index contributed by atoms with van der Waals surface area (Å²) in [6.07, 6.45) is -8.06. The van der Waals surface area contributed by atoms with Gasteiger partial charge in [-0.2, -0.15) is 0 Å². The van der Waals surface area contributed by atoms with Crippen molar-refractivity contribution in [3.8, 4) is 0 Å². The largest absolute Gasteiger partial charge is 0.393 e. The Balaban J connectivity index is 2.47. The molecule has 0 amide bonds. The maximum atomic E-state index is 12.8. The predicted octanol–water partition coefficient (Wildman–Crippen LogP) is -0.0152. The van der Waals surface area contributed by atoms with Crippen LogP contribution < -0.4 is 11.2 Å². The molecule has 0 fully saturated rings. The molecule has 110 valence electrons. The zero-order valence-corrected chi connectivity index (χ0v) is 10.7. The SMILES string of the molecule is [2H]c1nc2c(c(=O)n(CCCC([2H])([2H])[C@]([2H])(O)C([2H])([2H])[2H])c(=O)n2C)n1C([2H])([2H])[2H]. The Kier molecular flexibility index (Phi) is 1.76. The molecule has 0 aliphatic heterocycles. The number of hydrogen-bond donors (Lipinski definition) is 1. The quantitative estimate of drug-likeness (QED) is 0.839. The maximum Gasteiger partial charge on any atom is 0.332 e. The van der Waals surface area contributed by atoms with Crippen molar-refractivity contribution in [2.75, 3.05) is 0 Å². The number of aryl methyl sites for hydroxylation is 2. The molecule has 0 spiro atoms. The molecule has 2 heterocycles. The molecule has 20 heavy (non-hydrogen) atoms. The van der Waals surface area contributed by atoms with E-state index in [9.17, 15) is 14.7 Å². The summed E-state index contributed by atoms with van der Waals surface area (Å²) in [4.78, 5) is 28.9. The van der Waals surface area contributed by atoms with E-state index >= 15 is 0 Å². The Morgan fingerprint density at radius 3 is 3.10 bits per heavy atom. The van der Waals surface area contributed by atoms with Gasteiger partial charge in [-0.15, -0.1) is 0 Å². The first-order valence-corrected chi connectivity index (χ1v) is 5.76. The van der Waals surface area contributed by atoms with Crippen molar-refractivity contribution >= 4 is 11.2 Å². The molecule has 2 aromatic rings. The average molecular weight is 290 g/mol. The van der Waals surface area contributed by atoms with E-state index in [2.05, 4.69) is 4.98 Å². The van der Waals surface area contributed by atoms with Crippen molar-refractivity contribution in [3.63, 3.8) is 0 Å². The van der Waals surface area contributed by atoms with Crippen LogP contribution in [-0.4, -0.2) is 29.9 Å². The lowest BCUT2D eigenvalue weighted by molar-refractivity contribution is 0.180. The summed E-state index contributed by atoms with van der Waals surface area (Å²) in [7, 11) is 1.22. The average Bonchev–Trinajstić information content (AvgIpc) is 2.92. The van der Waals surface area contributed by atoms with E-state index in [-0.39, 0.29) is 12.1 Å². The molecule has 0 unspecified atom stereocenters. The number of imidazole rings is 1. The van der Waals surface area contributed by atoms with Crippen LogP contribution in [-0.2, 0) is 20.6 Å². The minimum atomic E-state index is -3.42. The molecule has 0 bridgehead atoms. The molecular formula is C13H20N4O3. The zero-order chi connectivity index (χ0) is 23.4. The summed E-state index contributed by atoms with van der Waals surface area (Å²) >= 11 is 0. The van der Waals surface area contributed by atoms with Crippen molar-refractivity contribution in [1.29, 1.82) is 0 Å². The second kappa shape index (κ2) is 5.62. The molecule has 1 atom stereocenters. The van der Waals surface area contributed by atoms with E-state index in [0.29, 0.717) is 9.13 Å². The molecular weight excluding hydrogens is 260 g/mol. The second-order valence-corrected chi connectivity index (χ2v) is 4.15. The molecule has 7 heteroatoms. The molecule has 0 aromatic carbocycles. The summed E-state index contributed by atoms with van der Waals surface area (Å²) in [5.74, 6) is 0. The minimum Gasteiger partial charge on any atom is -0.393 e. The van der Waals surface area contributed by atoms with Gasteiger partial charge in [-0.3, -0.25) is 13.9 Å². The van der Waals surface area contributed by atoms with Crippen molar-refractivity contribution in [2.24, 2.45) is 14.0 Å². The Morgan fingerprint density at radius 1 is 1.60 bits per heavy atom. The maximum absolute atomic E-state index is 12.8. The first-order valence-electron chi connectivity index (χ1n) is 10.8. The van der Waals surface area contributed by atoms with Gasteiger partial charge in [0.2, 0.25) is 0 Å². The molecule has 7 nitrogen and oxygen atoms in total. The highest BCUT2D eigenvalue weighted by molar-refractivity contribution is 5.69. The van der Waals surface area contributed by atoms with Gasteiger partial charge in [-0.1, -0.05) is 0 Å². The smallest absolute Gasteiger partial charge is 0.332 e. The summed E-state index contributed by atoms with van der Waals surface area (Å²) in [5, 5.41) is 9.80. The van der Waals surface area contributed by atoms with E-state index in [1.807, 2.05) is 0 Å². The molecule has 0 radical (unpaired) electrons. The van der Waals surface area contributed by atoms with Crippen LogP contribution in [0.25, 0.3) is 11.2 Å². The highest BCUT2D eigenvalue weighted by atomic mass is 16.3. The molecule has 1 N–H and O–H groups in total. The summed E-state index contributed by atoms with van der Waals surface area (Å²) in [6, 6.07) is 0. The van der Waals surface area contributed by atoms with Gasteiger partial charge < -0.3 is 9.67 Å². The standard InChI is InChI=1S/C13H20N4O3/c1-9(18)6-4-5-7-17-12(19)10-11(14-8-15(10)2)16(3)13(17)20/h8-9,18H,4-7H2,1-3H3/t9-/m1/s1/i1D3,2D3,6D2,8D,9D. The number of hydrogen-bond acceptors (Lipinski definition) is 4. The fourth-order valence-corrected chi connectivity index (χ4v) is 1.85. The first kappa shape index (κ1) is 6.26. The normalized spacial score (nSPS) is 23.9. The van der Waals surface area contributed by atoms with Gasteiger partial charge in [0.25, 0.3) is 5.56 Å². The van der Waals surface area contributed by atoms with Crippen LogP contribution in [0.3, 0.4) is 0 Å². The number of nitrogens with zero attached hydrogens (tertiary/aromatic N) is 4. The third-order valence-electron chi connectivity index (χ3n) is 2.83. The van der Waals surface area contributed by atoms with Gasteiger partial charge in [0.05, 0.1) is 13.8 Å². The van der Waals surface area contributed by atoms with Gasteiger partial charge in [-0.05, 0) is 26.1 Å². The molecule has 2 rings (SSSR count). The third kappa shape index (κ3) is 2.53. The van der Waals surface area contributed by atoms with Crippen molar-refractivity contribution < 1.29 is 18.8 Å². The highest BCUT2D eigenvalue weighted by Crippen LogP contribution is 2.04. The van der Waals surface area contributed by atoms with Crippen molar-refractivity contribution in [3.05, 3.63) is 27.1 Å². The van der Waals surface area contributed by atoms with Gasteiger partial charge in [-0.25, -0.2) is 9.78 Å². The molecule has 2 aromatic heterocycles. The van der Waals surface area contributed by atoms with Gasteiger partial charge in [0.15, 0.2) is 11.2 Å². The Bertz CT molecular complexity index is 1080. The van der Waals surface area contributed by atoms with Crippen molar-refractivity contribution in [2.45, 2.75) is 38.7 Å². The Morgan fingerprint density at radius 2 is 2.40 bits per heavy atom. The first-order chi connectivity index (χ1) is 13.3. The number of rotatable bonds is 5. The van der Waals surface area contributed by atoms with Crippen LogP contribution in [0, 0.1) is 0 Å². The fourth-order valence-electron chi connectivity index (χ4n) is 1.85. The lowest BCUT2D eigenvalue weighted by Gasteiger charge is -2.09. The number of fused-ring (bicyclic) bond motifs is 1. The van der Waals surface area contributed by atoms with Crippen LogP contribution in [0.1, 0.15) is 39.8 Å². The summed E-state index contributed by atoms with van der Waals surface area (Å²) in [5.41, 5.74) is -2.78. The van der Waals surface area contributed by atoms with Crippen LogP contribution in [0.2, 0.25) is 0 Å². The van der Waals surface area contributed by atoms with E-state index < -0.39 is 62.3 Å². The van der Waals surface area contributed by atoms with E-state index in [1.54, 1.807) is 0 Å². The lowest BCUT2D eigenvalue weighted by Crippen LogP contribution is -2.39. The van der Waals surface area contributed by atoms with Crippen LogP contribution in [0.15, 0.2) is 15.9 Å². The second-order valence-electron chi connectivity index (χ2n) is 4.15. The molecule has 0 saturated heterocycles. The molecule has 0 aliphatic carbocycles. The highest BCUT2D eigenvalue weighted by Gasteiger charge is 2.14. The van der Waals surface area contributed by atoms with E-state index in [0.717, 1.165) is 4.57 Å². The van der Waals surface area contributed by atoms with Crippen molar-refractivity contribution in [1.82, 2.24) is 18.7 Å². The summed E-state index contributed by atoms with van der Waals surface area (Å²) in [6.45, 7) is -6.70. The topological polar surface area (TPSA) is 82.1 Å². The van der Waals surface area contributed by atoms with E-state index in [4.69, 9.17) is 13.7 Å². The number of aromatic nitrogens is 4. The number of aliphatic hydroxyl groups is 1. The summed E-state index contributed by atoms with van der Waals surface area (Å²) < 4.78 is 76.4. The van der Waals surface area contributed by atoms with E-state index in [1.165, 1.54) is 7.05 Å². The van der Waals surface area contributed by atoms with Gasteiger partial charge in [0.1, 0.15) is 1.37 Å². The Hall–Kier alpha value is -1.89. The fraction of sp³-hybridized carbons (Fsp3) is 0.615. The van der Waals surface area contributed by atoms with Gasteiger partial charge >= 0.3 is 5.69 Å². The molecule has 0 aliphatic rings.